The molecule has 1 saturated carbocycles. The van der Waals surface area contributed by atoms with Crippen molar-refractivity contribution < 1.29 is 13.2 Å². The Morgan fingerprint density at radius 3 is 2.65 bits per heavy atom. The number of halogens is 4. The van der Waals surface area contributed by atoms with Crippen molar-refractivity contribution in [2.45, 2.75) is 31.5 Å². The minimum atomic E-state index is -4.44. The number of aromatic nitrogens is 1. The summed E-state index contributed by atoms with van der Waals surface area (Å²) >= 11 is 7.83. The fraction of sp³-hybridized carbons (Fsp3) is 0.500. The number of pyridine rings is 1. The molecule has 0 bridgehead atoms. The van der Waals surface area contributed by atoms with E-state index >= 15 is 0 Å². The van der Waals surface area contributed by atoms with Crippen molar-refractivity contribution in [3.8, 4) is 0 Å². The van der Waals surface area contributed by atoms with Crippen LogP contribution in [0.15, 0.2) is 16.7 Å². The number of alkyl halides is 3. The number of hydrogen-bond donors (Lipinski definition) is 1. The first-order valence-electron chi connectivity index (χ1n) is 6.06. The average molecular weight is 368 g/mol. The second kappa shape index (κ2) is 5.85. The van der Waals surface area contributed by atoms with Gasteiger partial charge in [-0.25, -0.2) is 4.98 Å². The van der Waals surface area contributed by atoms with Crippen LogP contribution in [0.3, 0.4) is 0 Å². The molecule has 0 radical (unpaired) electrons. The molecule has 1 aliphatic rings. The summed E-state index contributed by atoms with van der Waals surface area (Å²) in [5.74, 6) is -0.0422. The standard InChI is InChI=1S/C12H13BrF3N3S/c13-7-5-9(12(14,15)16)11(18-6-7)19(8-1-2-8)4-3-10(17)20/h5-6,8H,1-4H2,(H2,17,20). The molecule has 1 aliphatic carbocycles. The van der Waals surface area contributed by atoms with Crippen molar-refractivity contribution >= 4 is 39.0 Å². The van der Waals surface area contributed by atoms with Crippen LogP contribution in [0.1, 0.15) is 24.8 Å². The number of hydrogen-bond acceptors (Lipinski definition) is 3. The van der Waals surface area contributed by atoms with E-state index in [1.165, 1.54) is 6.20 Å². The lowest BCUT2D eigenvalue weighted by atomic mass is 10.2. The second-order valence-corrected chi connectivity index (χ2v) is 6.10. The van der Waals surface area contributed by atoms with Gasteiger partial charge in [0.1, 0.15) is 5.82 Å². The van der Waals surface area contributed by atoms with E-state index in [1.807, 2.05) is 0 Å². The smallest absolute Gasteiger partial charge is 0.393 e. The van der Waals surface area contributed by atoms with Gasteiger partial charge >= 0.3 is 6.18 Å². The Bertz CT molecular complexity index is 517. The van der Waals surface area contributed by atoms with Crippen LogP contribution in [0.5, 0.6) is 0 Å². The highest BCUT2D eigenvalue weighted by atomic mass is 79.9. The van der Waals surface area contributed by atoms with E-state index in [2.05, 4.69) is 20.9 Å². The number of thiocarbonyl (C=S) groups is 1. The van der Waals surface area contributed by atoms with Crippen LogP contribution < -0.4 is 10.6 Å². The third kappa shape index (κ3) is 3.82. The fourth-order valence-electron chi connectivity index (χ4n) is 1.95. The molecule has 1 aromatic rings. The Morgan fingerprint density at radius 1 is 1.50 bits per heavy atom. The monoisotopic (exact) mass is 367 g/mol. The first kappa shape index (κ1) is 15.5. The quantitative estimate of drug-likeness (QED) is 0.808. The lowest BCUT2D eigenvalue weighted by Gasteiger charge is -2.26. The molecule has 1 fully saturated rings. The largest absolute Gasteiger partial charge is 0.419 e. The molecule has 1 aromatic heterocycles. The summed E-state index contributed by atoms with van der Waals surface area (Å²) in [6, 6.07) is 1.15. The van der Waals surface area contributed by atoms with E-state index in [0.29, 0.717) is 22.4 Å². The van der Waals surface area contributed by atoms with Crippen LogP contribution in [0, 0.1) is 0 Å². The lowest BCUT2D eigenvalue weighted by Crippen LogP contribution is -2.32. The van der Waals surface area contributed by atoms with Gasteiger partial charge in [0.05, 0.1) is 10.6 Å². The number of nitrogens with two attached hydrogens (primary N) is 1. The molecule has 0 unspecified atom stereocenters. The minimum Gasteiger partial charge on any atom is -0.393 e. The predicted octanol–water partition coefficient (Wildman–Crippen LogP) is 3.51. The van der Waals surface area contributed by atoms with Crippen LogP contribution in [-0.2, 0) is 6.18 Å². The summed E-state index contributed by atoms with van der Waals surface area (Å²) in [7, 11) is 0. The third-order valence-corrected chi connectivity index (χ3v) is 3.64. The van der Waals surface area contributed by atoms with Crippen LogP contribution in [0.2, 0.25) is 0 Å². The lowest BCUT2D eigenvalue weighted by molar-refractivity contribution is -0.137. The molecule has 0 spiro atoms. The molecular formula is C12H13BrF3N3S. The third-order valence-electron chi connectivity index (χ3n) is 3.00. The summed E-state index contributed by atoms with van der Waals surface area (Å²) < 4.78 is 39.7. The zero-order valence-corrected chi connectivity index (χ0v) is 12.9. The van der Waals surface area contributed by atoms with Gasteiger partial charge in [-0.1, -0.05) is 12.2 Å². The van der Waals surface area contributed by atoms with Gasteiger partial charge < -0.3 is 10.6 Å². The van der Waals surface area contributed by atoms with Crippen molar-refractivity contribution in [1.29, 1.82) is 0 Å². The van der Waals surface area contributed by atoms with Crippen LogP contribution >= 0.6 is 28.1 Å². The maximum atomic E-state index is 13.1. The van der Waals surface area contributed by atoms with Crippen LogP contribution in [0.25, 0.3) is 0 Å². The molecule has 2 N–H and O–H groups in total. The fourth-order valence-corrected chi connectivity index (χ4v) is 2.37. The predicted molar refractivity (Wildman–Crippen MR) is 78.7 cm³/mol. The molecule has 0 aliphatic heterocycles. The molecule has 110 valence electrons. The van der Waals surface area contributed by atoms with E-state index in [0.717, 1.165) is 18.9 Å². The van der Waals surface area contributed by atoms with Gasteiger partial charge in [0.25, 0.3) is 0 Å². The molecule has 0 aromatic carbocycles. The first-order valence-corrected chi connectivity index (χ1v) is 7.27. The Labute approximate surface area is 128 Å². The Balaban J connectivity index is 2.35. The van der Waals surface area contributed by atoms with E-state index < -0.39 is 11.7 Å². The summed E-state index contributed by atoms with van der Waals surface area (Å²) in [5.41, 5.74) is 4.71. The normalized spacial score (nSPS) is 15.2. The highest BCUT2D eigenvalue weighted by Gasteiger charge is 2.39. The highest BCUT2D eigenvalue weighted by molar-refractivity contribution is 9.10. The van der Waals surface area contributed by atoms with Crippen molar-refractivity contribution in [2.75, 3.05) is 11.4 Å². The molecule has 1 heterocycles. The Morgan fingerprint density at radius 2 is 2.15 bits per heavy atom. The van der Waals surface area contributed by atoms with Gasteiger partial charge in [0.15, 0.2) is 0 Å². The summed E-state index contributed by atoms with van der Waals surface area (Å²) in [6.07, 6.45) is -0.956. The molecule has 0 amide bonds. The highest BCUT2D eigenvalue weighted by Crippen LogP contribution is 2.40. The van der Waals surface area contributed by atoms with E-state index in [-0.39, 0.29) is 11.9 Å². The second-order valence-electron chi connectivity index (χ2n) is 4.66. The molecule has 3 nitrogen and oxygen atoms in total. The van der Waals surface area contributed by atoms with Gasteiger partial charge in [-0.3, -0.25) is 0 Å². The first-order chi connectivity index (χ1) is 9.29. The summed E-state index contributed by atoms with van der Waals surface area (Å²) in [4.78, 5) is 5.91. The van der Waals surface area contributed by atoms with Gasteiger partial charge in [0, 0.05) is 29.7 Å². The zero-order chi connectivity index (χ0) is 14.9. The average Bonchev–Trinajstić information content (AvgIpc) is 3.13. The molecule has 20 heavy (non-hydrogen) atoms. The number of rotatable bonds is 5. The topological polar surface area (TPSA) is 42.1 Å². The molecule has 2 rings (SSSR count). The number of anilines is 1. The maximum absolute atomic E-state index is 13.1. The zero-order valence-electron chi connectivity index (χ0n) is 10.5. The minimum absolute atomic E-state index is 0.0422. The van der Waals surface area contributed by atoms with Gasteiger partial charge in [-0.15, -0.1) is 0 Å². The van der Waals surface area contributed by atoms with Gasteiger partial charge in [-0.05, 0) is 34.8 Å². The van der Waals surface area contributed by atoms with E-state index in [1.54, 1.807) is 4.90 Å². The van der Waals surface area contributed by atoms with E-state index in [9.17, 15) is 13.2 Å². The van der Waals surface area contributed by atoms with Crippen LogP contribution in [-0.4, -0.2) is 22.6 Å². The number of nitrogens with zero attached hydrogens (tertiary/aromatic N) is 2. The van der Waals surface area contributed by atoms with Crippen molar-refractivity contribution in [3.63, 3.8) is 0 Å². The van der Waals surface area contributed by atoms with Crippen LogP contribution in [0.4, 0.5) is 19.0 Å². The Kier molecular flexibility index (Phi) is 4.53. The summed E-state index contributed by atoms with van der Waals surface area (Å²) in [5, 5.41) is 0. The van der Waals surface area contributed by atoms with Crippen molar-refractivity contribution in [1.82, 2.24) is 4.98 Å². The van der Waals surface area contributed by atoms with E-state index in [4.69, 9.17) is 18.0 Å². The molecule has 0 saturated heterocycles. The van der Waals surface area contributed by atoms with Gasteiger partial charge in [0.2, 0.25) is 0 Å². The van der Waals surface area contributed by atoms with Crippen molar-refractivity contribution in [3.05, 3.63) is 22.3 Å². The molecule has 8 heteroatoms. The van der Waals surface area contributed by atoms with Gasteiger partial charge in [-0.2, -0.15) is 13.2 Å². The SMILES string of the molecule is NC(=S)CCN(c1ncc(Br)cc1C(F)(F)F)C1CC1. The molecule has 0 atom stereocenters. The van der Waals surface area contributed by atoms with Crippen molar-refractivity contribution in [2.24, 2.45) is 5.73 Å². The summed E-state index contributed by atoms with van der Waals surface area (Å²) in [6.45, 7) is 0.359. The Hall–Kier alpha value is -0.890. The maximum Gasteiger partial charge on any atom is 0.419 e. The molecular weight excluding hydrogens is 355 g/mol.